The van der Waals surface area contributed by atoms with Gasteiger partial charge in [0.1, 0.15) is 0 Å². The molecule has 0 unspecified atom stereocenters. The van der Waals surface area contributed by atoms with E-state index in [0.717, 1.165) is 5.56 Å². The predicted molar refractivity (Wildman–Crippen MR) is 51.6 cm³/mol. The molecule has 72 valence electrons. The van der Waals surface area contributed by atoms with Gasteiger partial charge in [-0.15, -0.1) is 0 Å². The summed E-state index contributed by atoms with van der Waals surface area (Å²) in [5.41, 5.74) is 6.46. The average molecular weight is 181 g/mol. The third-order valence-corrected chi connectivity index (χ3v) is 1.91. The molecule has 3 nitrogen and oxygen atoms in total. The van der Waals surface area contributed by atoms with Crippen molar-refractivity contribution in [3.8, 4) is 0 Å². The first-order valence-corrected chi connectivity index (χ1v) is 4.22. The van der Waals surface area contributed by atoms with Crippen LogP contribution in [0.5, 0.6) is 0 Å². The fourth-order valence-corrected chi connectivity index (χ4v) is 1.13. The Balaban J connectivity index is 3.16. The van der Waals surface area contributed by atoms with Crippen LogP contribution in [0.3, 0.4) is 0 Å². The number of carbonyl (C=O) groups is 1. The number of furan rings is 1. The van der Waals surface area contributed by atoms with Gasteiger partial charge in [0, 0.05) is 11.0 Å². The average Bonchev–Trinajstić information content (AvgIpc) is 2.28. The number of ketones is 1. The van der Waals surface area contributed by atoms with Gasteiger partial charge in [0.15, 0.2) is 5.78 Å². The predicted octanol–water partition coefficient (Wildman–Crippen LogP) is 2.40. The van der Waals surface area contributed by atoms with Gasteiger partial charge in [-0.3, -0.25) is 4.79 Å². The van der Waals surface area contributed by atoms with Gasteiger partial charge in [0.25, 0.3) is 0 Å². The Hall–Kier alpha value is -1.25. The van der Waals surface area contributed by atoms with E-state index < -0.39 is 5.41 Å². The summed E-state index contributed by atoms with van der Waals surface area (Å²) in [6, 6.07) is 0. The summed E-state index contributed by atoms with van der Waals surface area (Å²) in [6.07, 6.45) is 1.51. The second kappa shape index (κ2) is 2.91. The van der Waals surface area contributed by atoms with E-state index in [-0.39, 0.29) is 11.7 Å². The molecule has 2 N–H and O–H groups in total. The number of aryl methyl sites for hydroxylation is 1. The second-order valence-corrected chi connectivity index (χ2v) is 4.24. The summed E-state index contributed by atoms with van der Waals surface area (Å²) in [4.78, 5) is 11.8. The van der Waals surface area contributed by atoms with Crippen LogP contribution in [0, 0.1) is 12.3 Å². The van der Waals surface area contributed by atoms with Crippen molar-refractivity contribution in [2.24, 2.45) is 5.41 Å². The Morgan fingerprint density at radius 3 is 2.31 bits per heavy atom. The third-order valence-electron chi connectivity index (χ3n) is 1.91. The van der Waals surface area contributed by atoms with Gasteiger partial charge in [0.05, 0.1) is 11.8 Å². The van der Waals surface area contributed by atoms with E-state index in [1.54, 1.807) is 0 Å². The van der Waals surface area contributed by atoms with Crippen molar-refractivity contribution in [3.05, 3.63) is 17.4 Å². The number of nitrogens with two attached hydrogens (primary N) is 1. The van der Waals surface area contributed by atoms with Crippen molar-refractivity contribution in [1.82, 2.24) is 0 Å². The maximum absolute atomic E-state index is 11.8. The van der Waals surface area contributed by atoms with Crippen molar-refractivity contribution < 1.29 is 9.21 Å². The van der Waals surface area contributed by atoms with E-state index in [1.807, 2.05) is 27.7 Å². The molecule has 0 aliphatic heterocycles. The molecule has 0 aliphatic rings. The van der Waals surface area contributed by atoms with Crippen LogP contribution in [0.4, 0.5) is 5.88 Å². The molecule has 0 atom stereocenters. The smallest absolute Gasteiger partial charge is 0.201 e. The van der Waals surface area contributed by atoms with Gasteiger partial charge in [-0.2, -0.15) is 0 Å². The van der Waals surface area contributed by atoms with Crippen LogP contribution >= 0.6 is 0 Å². The maximum atomic E-state index is 11.8. The molecule has 1 rings (SSSR count). The van der Waals surface area contributed by atoms with Crippen molar-refractivity contribution in [3.63, 3.8) is 0 Å². The van der Waals surface area contributed by atoms with Gasteiger partial charge in [0.2, 0.25) is 5.88 Å². The van der Waals surface area contributed by atoms with Crippen molar-refractivity contribution in [2.45, 2.75) is 27.7 Å². The third kappa shape index (κ3) is 1.74. The van der Waals surface area contributed by atoms with Gasteiger partial charge < -0.3 is 10.2 Å². The summed E-state index contributed by atoms with van der Waals surface area (Å²) in [5.74, 6) is 0.244. The minimum atomic E-state index is -0.414. The number of hydrogen-bond acceptors (Lipinski definition) is 3. The monoisotopic (exact) mass is 181 g/mol. The van der Waals surface area contributed by atoms with Crippen LogP contribution in [0.15, 0.2) is 10.7 Å². The number of hydrogen-bond donors (Lipinski definition) is 1. The summed E-state index contributed by atoms with van der Waals surface area (Å²) >= 11 is 0. The van der Waals surface area contributed by atoms with Gasteiger partial charge in [-0.25, -0.2) is 0 Å². The largest absolute Gasteiger partial charge is 0.448 e. The first-order chi connectivity index (χ1) is 5.84. The summed E-state index contributed by atoms with van der Waals surface area (Å²) in [7, 11) is 0. The first kappa shape index (κ1) is 9.84. The van der Waals surface area contributed by atoms with Gasteiger partial charge >= 0.3 is 0 Å². The summed E-state index contributed by atoms with van der Waals surface area (Å²) in [5, 5.41) is 0. The minimum absolute atomic E-state index is 0.0243. The van der Waals surface area contributed by atoms with E-state index in [0.29, 0.717) is 5.56 Å². The molecule has 1 aromatic heterocycles. The molecule has 3 heteroatoms. The van der Waals surface area contributed by atoms with Crippen molar-refractivity contribution in [2.75, 3.05) is 5.73 Å². The van der Waals surface area contributed by atoms with E-state index >= 15 is 0 Å². The fourth-order valence-electron chi connectivity index (χ4n) is 1.13. The highest BCUT2D eigenvalue weighted by Crippen LogP contribution is 2.27. The van der Waals surface area contributed by atoms with Crippen LogP contribution in [0.1, 0.15) is 36.7 Å². The molecule has 0 fully saturated rings. The van der Waals surface area contributed by atoms with Crippen molar-refractivity contribution >= 4 is 11.7 Å². The Bertz CT molecular complexity index is 312. The zero-order chi connectivity index (χ0) is 10.2. The van der Waals surface area contributed by atoms with Gasteiger partial charge in [-0.1, -0.05) is 20.8 Å². The molecule has 1 aromatic rings. The zero-order valence-electron chi connectivity index (χ0n) is 8.47. The van der Waals surface area contributed by atoms with Crippen LogP contribution < -0.4 is 5.73 Å². The normalized spacial score (nSPS) is 11.7. The summed E-state index contributed by atoms with van der Waals surface area (Å²) in [6.45, 7) is 7.41. The molecule has 0 aromatic carbocycles. The highest BCUT2D eigenvalue weighted by molar-refractivity contribution is 6.04. The molecular weight excluding hydrogens is 166 g/mol. The number of Topliss-reactive ketones (excluding diaryl/α,β-unsaturated/α-hetero) is 1. The fraction of sp³-hybridized carbons (Fsp3) is 0.500. The molecule has 0 bridgehead atoms. The Kier molecular flexibility index (Phi) is 2.20. The van der Waals surface area contributed by atoms with Crippen molar-refractivity contribution in [1.29, 1.82) is 0 Å². The second-order valence-electron chi connectivity index (χ2n) is 4.24. The zero-order valence-corrected chi connectivity index (χ0v) is 8.47. The molecule has 0 amide bonds. The lowest BCUT2D eigenvalue weighted by Crippen LogP contribution is -2.21. The highest BCUT2D eigenvalue weighted by Gasteiger charge is 2.27. The molecule has 0 spiro atoms. The van der Waals surface area contributed by atoms with E-state index in [4.69, 9.17) is 10.2 Å². The van der Waals surface area contributed by atoms with Gasteiger partial charge in [-0.05, 0) is 6.92 Å². The van der Waals surface area contributed by atoms with Crippen LogP contribution in [-0.2, 0) is 0 Å². The number of carbonyl (C=O) groups excluding carboxylic acids is 1. The summed E-state index contributed by atoms with van der Waals surface area (Å²) < 4.78 is 4.97. The van der Waals surface area contributed by atoms with Crippen LogP contribution in [-0.4, -0.2) is 5.78 Å². The number of rotatable bonds is 1. The lowest BCUT2D eigenvalue weighted by atomic mass is 9.86. The highest BCUT2D eigenvalue weighted by atomic mass is 16.3. The Morgan fingerprint density at radius 1 is 1.46 bits per heavy atom. The van der Waals surface area contributed by atoms with E-state index in [2.05, 4.69) is 0 Å². The quantitative estimate of drug-likeness (QED) is 0.677. The molecule has 0 aliphatic carbocycles. The number of nitrogen functional groups attached to an aromatic ring is 1. The number of anilines is 1. The molecule has 0 saturated carbocycles. The van der Waals surface area contributed by atoms with E-state index in [1.165, 1.54) is 6.26 Å². The lowest BCUT2D eigenvalue weighted by molar-refractivity contribution is 0.0858. The SMILES string of the molecule is Cc1coc(N)c1C(=O)C(C)(C)C. The molecule has 13 heavy (non-hydrogen) atoms. The molecular formula is C10H15NO2. The lowest BCUT2D eigenvalue weighted by Gasteiger charge is -2.16. The Morgan fingerprint density at radius 2 is 2.00 bits per heavy atom. The van der Waals surface area contributed by atoms with Crippen LogP contribution in [0.25, 0.3) is 0 Å². The first-order valence-electron chi connectivity index (χ1n) is 4.22. The molecule has 0 saturated heterocycles. The molecule has 0 radical (unpaired) electrons. The molecule has 1 heterocycles. The standard InChI is InChI=1S/C10H15NO2/c1-6-5-13-9(11)7(6)8(12)10(2,3)4/h5H,11H2,1-4H3. The van der Waals surface area contributed by atoms with E-state index in [9.17, 15) is 4.79 Å². The topological polar surface area (TPSA) is 56.2 Å². The van der Waals surface area contributed by atoms with Crippen LogP contribution in [0.2, 0.25) is 0 Å². The minimum Gasteiger partial charge on any atom is -0.448 e. The maximum Gasteiger partial charge on any atom is 0.201 e. The Labute approximate surface area is 77.9 Å².